The van der Waals surface area contributed by atoms with Crippen molar-refractivity contribution in [3.8, 4) is 0 Å². The highest BCUT2D eigenvalue weighted by Crippen LogP contribution is 2.25. The minimum absolute atomic E-state index is 0.516. The molecule has 0 saturated carbocycles. The Morgan fingerprint density at radius 3 is 2.40 bits per heavy atom. The summed E-state index contributed by atoms with van der Waals surface area (Å²) in [6.45, 7) is 10.3. The van der Waals surface area contributed by atoms with Crippen LogP contribution in [0.25, 0.3) is 0 Å². The first-order valence-electron chi connectivity index (χ1n) is 5.45. The summed E-state index contributed by atoms with van der Waals surface area (Å²) in [5.41, 5.74) is 0.473. The molecule has 15 heavy (non-hydrogen) atoms. The maximum atomic E-state index is 10.2. The average molecular weight is 227 g/mol. The molecule has 1 aromatic heterocycles. The van der Waals surface area contributed by atoms with E-state index in [1.807, 2.05) is 13.8 Å². The molecule has 0 radical (unpaired) electrons. The SMILES string of the molecule is Cc1nc(CC(C)(O)CC(C)C)sc1C. The van der Waals surface area contributed by atoms with Gasteiger partial charge in [0.15, 0.2) is 0 Å². The Kier molecular flexibility index (Phi) is 3.90. The van der Waals surface area contributed by atoms with Crippen molar-refractivity contribution in [2.75, 3.05) is 0 Å². The van der Waals surface area contributed by atoms with Crippen LogP contribution in [0, 0.1) is 19.8 Å². The molecular formula is C12H21NOS. The number of nitrogens with zero attached hydrogens (tertiary/aromatic N) is 1. The van der Waals surface area contributed by atoms with Gasteiger partial charge in [0.1, 0.15) is 0 Å². The van der Waals surface area contributed by atoms with Gasteiger partial charge in [-0.15, -0.1) is 11.3 Å². The van der Waals surface area contributed by atoms with Crippen molar-refractivity contribution >= 4 is 11.3 Å². The molecule has 0 fully saturated rings. The Bertz CT molecular complexity index is 309. The highest BCUT2D eigenvalue weighted by Gasteiger charge is 2.24. The summed E-state index contributed by atoms with van der Waals surface area (Å²) in [5.74, 6) is 0.516. The van der Waals surface area contributed by atoms with Crippen LogP contribution in [0.1, 0.15) is 42.8 Å². The number of aryl methyl sites for hydroxylation is 2. The lowest BCUT2D eigenvalue weighted by atomic mass is 9.92. The third-order valence-electron chi connectivity index (χ3n) is 2.45. The zero-order valence-electron chi connectivity index (χ0n) is 10.3. The van der Waals surface area contributed by atoms with E-state index in [9.17, 15) is 5.11 Å². The van der Waals surface area contributed by atoms with Crippen molar-refractivity contribution in [1.82, 2.24) is 4.98 Å². The largest absolute Gasteiger partial charge is 0.390 e. The zero-order valence-corrected chi connectivity index (χ0v) is 11.1. The molecular weight excluding hydrogens is 206 g/mol. The van der Waals surface area contributed by atoms with Crippen molar-refractivity contribution in [3.05, 3.63) is 15.6 Å². The number of thiazole rings is 1. The van der Waals surface area contributed by atoms with E-state index in [1.165, 1.54) is 4.88 Å². The normalized spacial score (nSPS) is 15.7. The molecule has 1 unspecified atom stereocenters. The fraction of sp³-hybridized carbons (Fsp3) is 0.750. The van der Waals surface area contributed by atoms with Gasteiger partial charge in [-0.05, 0) is 33.1 Å². The lowest BCUT2D eigenvalue weighted by Gasteiger charge is -2.24. The minimum Gasteiger partial charge on any atom is -0.390 e. The van der Waals surface area contributed by atoms with Crippen LogP contribution in [0.3, 0.4) is 0 Å². The van der Waals surface area contributed by atoms with E-state index < -0.39 is 5.60 Å². The lowest BCUT2D eigenvalue weighted by Crippen LogP contribution is -2.29. The van der Waals surface area contributed by atoms with Gasteiger partial charge in [-0.25, -0.2) is 4.98 Å². The Hall–Kier alpha value is -0.410. The molecule has 0 aliphatic carbocycles. The Labute approximate surface area is 96.4 Å². The predicted molar refractivity (Wildman–Crippen MR) is 65.4 cm³/mol. The van der Waals surface area contributed by atoms with Crippen LogP contribution in [0.4, 0.5) is 0 Å². The van der Waals surface area contributed by atoms with Crippen molar-refractivity contribution in [3.63, 3.8) is 0 Å². The molecule has 0 spiro atoms. The molecule has 2 nitrogen and oxygen atoms in total. The first-order chi connectivity index (χ1) is 6.80. The molecule has 1 aromatic rings. The van der Waals surface area contributed by atoms with Crippen molar-refractivity contribution in [1.29, 1.82) is 0 Å². The fourth-order valence-electron chi connectivity index (χ4n) is 1.89. The Morgan fingerprint density at radius 2 is 2.00 bits per heavy atom. The van der Waals surface area contributed by atoms with E-state index >= 15 is 0 Å². The molecule has 0 bridgehead atoms. The molecule has 1 rings (SSSR count). The van der Waals surface area contributed by atoms with Crippen LogP contribution in [0.5, 0.6) is 0 Å². The standard InChI is InChI=1S/C12H21NOS/c1-8(2)6-12(5,14)7-11-13-9(3)10(4)15-11/h8,14H,6-7H2,1-5H3. The fourth-order valence-corrected chi connectivity index (χ4v) is 3.00. The van der Waals surface area contributed by atoms with Crippen LogP contribution >= 0.6 is 11.3 Å². The van der Waals surface area contributed by atoms with E-state index in [-0.39, 0.29) is 0 Å². The second-order valence-corrected chi connectivity index (χ2v) is 6.31. The van der Waals surface area contributed by atoms with Crippen molar-refractivity contribution in [2.45, 2.75) is 53.1 Å². The maximum Gasteiger partial charge on any atom is 0.0959 e. The van der Waals surface area contributed by atoms with Crippen LogP contribution in [-0.2, 0) is 6.42 Å². The molecule has 1 atom stereocenters. The summed E-state index contributed by atoms with van der Waals surface area (Å²) in [5, 5.41) is 11.3. The summed E-state index contributed by atoms with van der Waals surface area (Å²) in [6.07, 6.45) is 1.50. The molecule has 0 saturated heterocycles. The second-order valence-electron chi connectivity index (χ2n) is 5.02. The Balaban J connectivity index is 2.68. The minimum atomic E-state index is -0.620. The average Bonchev–Trinajstić information content (AvgIpc) is 2.25. The quantitative estimate of drug-likeness (QED) is 0.857. The van der Waals surface area contributed by atoms with E-state index in [1.54, 1.807) is 11.3 Å². The summed E-state index contributed by atoms with van der Waals surface area (Å²) in [4.78, 5) is 5.72. The maximum absolute atomic E-state index is 10.2. The third-order valence-corrected chi connectivity index (χ3v) is 3.53. The summed E-state index contributed by atoms with van der Waals surface area (Å²) in [6, 6.07) is 0. The van der Waals surface area contributed by atoms with E-state index in [0.29, 0.717) is 12.3 Å². The first-order valence-corrected chi connectivity index (χ1v) is 6.27. The number of aromatic nitrogens is 1. The van der Waals surface area contributed by atoms with Gasteiger partial charge in [-0.2, -0.15) is 0 Å². The van der Waals surface area contributed by atoms with E-state index in [2.05, 4.69) is 25.8 Å². The first kappa shape index (κ1) is 12.7. The van der Waals surface area contributed by atoms with Crippen LogP contribution in [-0.4, -0.2) is 15.7 Å². The molecule has 0 aliphatic heterocycles. The zero-order chi connectivity index (χ0) is 11.6. The van der Waals surface area contributed by atoms with Crippen molar-refractivity contribution in [2.24, 2.45) is 5.92 Å². The number of hydrogen-bond donors (Lipinski definition) is 1. The topological polar surface area (TPSA) is 33.1 Å². The van der Waals surface area contributed by atoms with Gasteiger partial charge in [0, 0.05) is 11.3 Å². The summed E-state index contributed by atoms with van der Waals surface area (Å²) < 4.78 is 0. The number of aliphatic hydroxyl groups is 1. The predicted octanol–water partition coefficient (Wildman–Crippen LogP) is 3.10. The molecule has 86 valence electrons. The molecule has 0 aliphatic rings. The molecule has 1 heterocycles. The number of rotatable bonds is 4. The number of hydrogen-bond acceptors (Lipinski definition) is 3. The van der Waals surface area contributed by atoms with Gasteiger partial charge in [0.25, 0.3) is 0 Å². The van der Waals surface area contributed by atoms with Gasteiger partial charge in [0.2, 0.25) is 0 Å². The Morgan fingerprint density at radius 1 is 1.40 bits per heavy atom. The van der Waals surface area contributed by atoms with Gasteiger partial charge >= 0.3 is 0 Å². The van der Waals surface area contributed by atoms with E-state index in [0.717, 1.165) is 17.1 Å². The van der Waals surface area contributed by atoms with Gasteiger partial charge in [-0.1, -0.05) is 13.8 Å². The summed E-state index contributed by atoms with van der Waals surface area (Å²) in [7, 11) is 0. The van der Waals surface area contributed by atoms with Gasteiger partial charge in [0.05, 0.1) is 16.3 Å². The highest BCUT2D eigenvalue weighted by molar-refractivity contribution is 7.11. The summed E-state index contributed by atoms with van der Waals surface area (Å²) >= 11 is 1.70. The van der Waals surface area contributed by atoms with Crippen LogP contribution in [0.15, 0.2) is 0 Å². The third kappa shape index (κ3) is 3.92. The molecule has 1 N–H and O–H groups in total. The highest BCUT2D eigenvalue weighted by atomic mass is 32.1. The van der Waals surface area contributed by atoms with Gasteiger partial charge in [-0.3, -0.25) is 0 Å². The smallest absolute Gasteiger partial charge is 0.0959 e. The monoisotopic (exact) mass is 227 g/mol. The molecule has 3 heteroatoms. The van der Waals surface area contributed by atoms with E-state index in [4.69, 9.17) is 0 Å². The molecule has 0 aromatic carbocycles. The molecule has 0 amide bonds. The van der Waals surface area contributed by atoms with Crippen LogP contribution < -0.4 is 0 Å². The van der Waals surface area contributed by atoms with Crippen LogP contribution in [0.2, 0.25) is 0 Å². The van der Waals surface area contributed by atoms with Crippen molar-refractivity contribution < 1.29 is 5.11 Å². The lowest BCUT2D eigenvalue weighted by molar-refractivity contribution is 0.0388. The second kappa shape index (κ2) is 4.62. The van der Waals surface area contributed by atoms with Gasteiger partial charge < -0.3 is 5.11 Å².